The molecule has 3 rings (SSSR count). The molecule has 0 aliphatic carbocycles. The van der Waals surface area contributed by atoms with Gasteiger partial charge >= 0.3 is 0 Å². The third kappa shape index (κ3) is 6.30. The number of rotatable bonds is 6. The largest absolute Gasteiger partial charge is 0.340 e. The van der Waals surface area contributed by atoms with Gasteiger partial charge in [-0.05, 0) is 40.5 Å². The fourth-order valence-corrected chi connectivity index (χ4v) is 4.72. The molecule has 1 fully saturated rings. The number of carbonyl (C=O) groups is 1. The summed E-state index contributed by atoms with van der Waals surface area (Å²) in [6.07, 6.45) is 2.39. The van der Waals surface area contributed by atoms with Crippen molar-refractivity contribution in [1.82, 2.24) is 9.80 Å². The van der Waals surface area contributed by atoms with Crippen LogP contribution in [-0.4, -0.2) is 56.1 Å². The molecule has 1 aromatic heterocycles. The van der Waals surface area contributed by atoms with Gasteiger partial charge in [-0.3, -0.25) is 9.69 Å². The summed E-state index contributed by atoms with van der Waals surface area (Å²) in [6.45, 7) is 3.74. The molecule has 2 aromatic rings. The monoisotopic (exact) mass is 404 g/mol. The number of benzene rings is 1. The minimum Gasteiger partial charge on any atom is -0.340 e. The van der Waals surface area contributed by atoms with E-state index in [-0.39, 0.29) is 5.91 Å². The Morgan fingerprint density at radius 1 is 1.07 bits per heavy atom. The van der Waals surface area contributed by atoms with Crippen LogP contribution in [0, 0.1) is 0 Å². The van der Waals surface area contributed by atoms with Crippen LogP contribution in [0.4, 0.5) is 0 Å². The molecule has 0 radical (unpaired) electrons. The van der Waals surface area contributed by atoms with E-state index in [9.17, 15) is 13.2 Å². The van der Waals surface area contributed by atoms with E-state index in [1.165, 1.54) is 11.6 Å². The van der Waals surface area contributed by atoms with E-state index in [1.807, 2.05) is 30.3 Å². The van der Waals surface area contributed by atoms with Crippen LogP contribution >= 0.6 is 11.3 Å². The normalized spacial score (nSPS) is 16.5. The molecule has 1 amide bonds. The van der Waals surface area contributed by atoms with Crippen molar-refractivity contribution in [3.8, 4) is 0 Å². The number of carbonyl (C=O) groups excluding carboxylic acids is 1. The van der Waals surface area contributed by atoms with E-state index in [2.05, 4.69) is 21.7 Å². The number of amides is 1. The Balaban J connectivity index is 1.53. The van der Waals surface area contributed by atoms with Gasteiger partial charge in [0, 0.05) is 38.1 Å². The zero-order valence-electron chi connectivity index (χ0n) is 15.2. The van der Waals surface area contributed by atoms with Gasteiger partial charge in [0.2, 0.25) is 5.91 Å². The lowest BCUT2D eigenvalue weighted by molar-refractivity contribution is -0.128. The number of hydrogen-bond acceptors (Lipinski definition) is 5. The standard InChI is InChI=1S/C20H24N2O3S2/c23-20(17-27(24,25)14-8-18-5-2-1-3-6-18)22-10-4-9-21(11-12-22)15-19-7-13-26-16-19/h1-3,5-8,13-14,16H,4,9-12,15,17H2. The highest BCUT2D eigenvalue weighted by Gasteiger charge is 2.23. The maximum absolute atomic E-state index is 12.5. The van der Waals surface area contributed by atoms with E-state index in [0.29, 0.717) is 13.1 Å². The van der Waals surface area contributed by atoms with Gasteiger partial charge in [0.15, 0.2) is 9.84 Å². The van der Waals surface area contributed by atoms with Crippen molar-refractivity contribution in [2.45, 2.75) is 13.0 Å². The third-order valence-corrected chi connectivity index (χ3v) is 6.45. The molecule has 0 saturated carbocycles. The Morgan fingerprint density at radius 3 is 2.63 bits per heavy atom. The molecule has 0 atom stereocenters. The molecule has 0 unspecified atom stereocenters. The second kappa shape index (κ2) is 9.30. The van der Waals surface area contributed by atoms with E-state index in [0.717, 1.165) is 37.0 Å². The van der Waals surface area contributed by atoms with Gasteiger partial charge in [-0.15, -0.1) is 0 Å². The lowest BCUT2D eigenvalue weighted by Gasteiger charge is -2.21. The molecule has 1 aromatic carbocycles. The summed E-state index contributed by atoms with van der Waals surface area (Å²) in [7, 11) is -3.58. The van der Waals surface area contributed by atoms with Crippen LogP contribution in [0.3, 0.4) is 0 Å². The number of hydrogen-bond donors (Lipinski definition) is 0. The maximum atomic E-state index is 12.5. The zero-order chi connectivity index (χ0) is 19.1. The highest BCUT2D eigenvalue weighted by molar-refractivity contribution is 7.95. The van der Waals surface area contributed by atoms with Crippen molar-refractivity contribution >= 4 is 33.2 Å². The lowest BCUT2D eigenvalue weighted by Crippen LogP contribution is -2.38. The van der Waals surface area contributed by atoms with Crippen LogP contribution in [0.25, 0.3) is 6.08 Å². The van der Waals surface area contributed by atoms with E-state index in [1.54, 1.807) is 16.2 Å². The van der Waals surface area contributed by atoms with Crippen LogP contribution in [-0.2, 0) is 21.2 Å². The minimum absolute atomic E-state index is 0.315. The summed E-state index contributed by atoms with van der Waals surface area (Å²) < 4.78 is 24.6. The number of thiophene rings is 1. The fourth-order valence-electron chi connectivity index (χ4n) is 3.08. The molecule has 144 valence electrons. The van der Waals surface area contributed by atoms with Crippen LogP contribution < -0.4 is 0 Å². The SMILES string of the molecule is O=C(CS(=O)(=O)C=Cc1ccccc1)N1CCCN(Cc2ccsc2)CC1. The van der Waals surface area contributed by atoms with Gasteiger partial charge in [-0.1, -0.05) is 30.3 Å². The zero-order valence-corrected chi connectivity index (χ0v) is 16.8. The van der Waals surface area contributed by atoms with Crippen LogP contribution in [0.15, 0.2) is 52.6 Å². The molecule has 1 aliphatic rings. The average Bonchev–Trinajstić information content (AvgIpc) is 3.04. The Hall–Kier alpha value is -1.96. The second-order valence-corrected chi connectivity index (χ2v) is 9.33. The average molecular weight is 405 g/mol. The second-order valence-electron chi connectivity index (χ2n) is 6.66. The molecular weight excluding hydrogens is 380 g/mol. The molecular formula is C20H24N2O3S2. The van der Waals surface area contributed by atoms with E-state index < -0.39 is 15.6 Å². The van der Waals surface area contributed by atoms with Crippen molar-refractivity contribution in [3.05, 3.63) is 63.7 Å². The van der Waals surface area contributed by atoms with Crippen molar-refractivity contribution < 1.29 is 13.2 Å². The van der Waals surface area contributed by atoms with Gasteiger partial charge in [0.25, 0.3) is 0 Å². The first-order valence-electron chi connectivity index (χ1n) is 8.99. The smallest absolute Gasteiger partial charge is 0.238 e. The molecule has 27 heavy (non-hydrogen) atoms. The molecule has 5 nitrogen and oxygen atoms in total. The Morgan fingerprint density at radius 2 is 1.89 bits per heavy atom. The maximum Gasteiger partial charge on any atom is 0.238 e. The van der Waals surface area contributed by atoms with Crippen LogP contribution in [0.1, 0.15) is 17.5 Å². The molecule has 0 spiro atoms. The van der Waals surface area contributed by atoms with Gasteiger partial charge in [-0.25, -0.2) is 8.42 Å². The molecule has 1 saturated heterocycles. The summed E-state index contributed by atoms with van der Waals surface area (Å²) in [5.74, 6) is -0.786. The third-order valence-electron chi connectivity index (χ3n) is 4.52. The van der Waals surface area contributed by atoms with Crippen molar-refractivity contribution in [2.75, 3.05) is 31.9 Å². The fraction of sp³-hybridized carbons (Fsp3) is 0.350. The molecule has 1 aliphatic heterocycles. The summed E-state index contributed by atoms with van der Waals surface area (Å²) in [4.78, 5) is 16.5. The Labute approximate surface area is 164 Å². The van der Waals surface area contributed by atoms with E-state index in [4.69, 9.17) is 0 Å². The van der Waals surface area contributed by atoms with E-state index >= 15 is 0 Å². The predicted molar refractivity (Wildman–Crippen MR) is 110 cm³/mol. The quantitative estimate of drug-likeness (QED) is 0.743. The van der Waals surface area contributed by atoms with Crippen molar-refractivity contribution in [3.63, 3.8) is 0 Å². The number of nitrogens with zero attached hydrogens (tertiary/aromatic N) is 2. The summed E-state index contributed by atoms with van der Waals surface area (Å²) in [5, 5.41) is 5.34. The van der Waals surface area contributed by atoms with Gasteiger partial charge in [-0.2, -0.15) is 11.3 Å². The molecule has 2 heterocycles. The first-order valence-corrected chi connectivity index (χ1v) is 11.6. The first-order chi connectivity index (χ1) is 13.0. The number of sulfone groups is 1. The molecule has 0 bridgehead atoms. The Kier molecular flexibility index (Phi) is 6.82. The van der Waals surface area contributed by atoms with Crippen LogP contribution in [0.5, 0.6) is 0 Å². The van der Waals surface area contributed by atoms with Crippen molar-refractivity contribution in [2.24, 2.45) is 0 Å². The molecule has 7 heteroatoms. The van der Waals surface area contributed by atoms with Gasteiger partial charge in [0.05, 0.1) is 0 Å². The molecule has 0 N–H and O–H groups in total. The topological polar surface area (TPSA) is 57.7 Å². The van der Waals surface area contributed by atoms with Crippen molar-refractivity contribution in [1.29, 1.82) is 0 Å². The lowest BCUT2D eigenvalue weighted by atomic mass is 10.2. The highest BCUT2D eigenvalue weighted by Crippen LogP contribution is 2.13. The predicted octanol–water partition coefficient (Wildman–Crippen LogP) is 2.87. The summed E-state index contributed by atoms with van der Waals surface area (Å²) in [5.41, 5.74) is 2.08. The Bertz CT molecular complexity index is 862. The minimum atomic E-state index is -3.58. The first kappa shape index (κ1) is 19.8. The van der Waals surface area contributed by atoms with Gasteiger partial charge in [0.1, 0.15) is 5.75 Å². The van der Waals surface area contributed by atoms with Gasteiger partial charge < -0.3 is 4.90 Å². The summed E-state index contributed by atoms with van der Waals surface area (Å²) in [6, 6.07) is 11.3. The highest BCUT2D eigenvalue weighted by atomic mass is 32.2. The van der Waals surface area contributed by atoms with Crippen LogP contribution in [0.2, 0.25) is 0 Å². The summed E-state index contributed by atoms with van der Waals surface area (Å²) >= 11 is 1.68.